The van der Waals surface area contributed by atoms with Gasteiger partial charge < -0.3 is 16.2 Å². The number of anilines is 3. The van der Waals surface area contributed by atoms with E-state index in [-0.39, 0.29) is 22.0 Å². The Morgan fingerprint density at radius 3 is 2.07 bits per heavy atom. The second-order valence-electron chi connectivity index (χ2n) is 5.97. The Kier molecular flexibility index (Phi) is 5.39. The molecule has 0 fully saturated rings. The third-order valence-corrected chi connectivity index (χ3v) is 6.51. The summed E-state index contributed by atoms with van der Waals surface area (Å²) >= 11 is 0. The van der Waals surface area contributed by atoms with E-state index < -0.39 is 25.6 Å². The number of hydrogen-bond donors (Lipinski definition) is 4. The third kappa shape index (κ3) is 3.78. The lowest BCUT2D eigenvalue weighted by Crippen LogP contribution is -2.04. The zero-order valence-corrected chi connectivity index (χ0v) is 16.4. The minimum absolute atomic E-state index is 0.139. The van der Waals surface area contributed by atoms with Crippen LogP contribution in [0, 0.1) is 14.7 Å². The molecular formula is C16H13N5O7S2. The Hall–Kier alpha value is -3.62. The molecule has 5 N–H and O–H groups in total. The molecular weight excluding hydrogens is 438 g/mol. The molecule has 12 nitrogen and oxygen atoms in total. The van der Waals surface area contributed by atoms with Crippen LogP contribution < -0.4 is 11.1 Å². The molecule has 0 saturated carbocycles. The van der Waals surface area contributed by atoms with Gasteiger partial charge in [0.2, 0.25) is 0 Å². The predicted octanol–water partition coefficient (Wildman–Crippen LogP) is 4.33. The first kappa shape index (κ1) is 21.1. The van der Waals surface area contributed by atoms with E-state index >= 15 is 0 Å². The molecule has 156 valence electrons. The SMILES string of the molecule is Nc1ccc(Nc2ccc3c(O)cc(S(N=O)(N=O)N=O)cc3c2)cc1S(=O)(=O)O. The molecule has 30 heavy (non-hydrogen) atoms. The number of phenols is 1. The fourth-order valence-electron chi connectivity index (χ4n) is 2.73. The molecule has 0 bridgehead atoms. The van der Waals surface area contributed by atoms with Crippen LogP contribution in [0.1, 0.15) is 0 Å². The van der Waals surface area contributed by atoms with E-state index in [4.69, 9.17) is 5.73 Å². The average molecular weight is 451 g/mol. The minimum Gasteiger partial charge on any atom is -0.507 e. The van der Waals surface area contributed by atoms with Crippen LogP contribution in [0.2, 0.25) is 0 Å². The van der Waals surface area contributed by atoms with Crippen LogP contribution in [-0.4, -0.2) is 18.1 Å². The van der Waals surface area contributed by atoms with Crippen LogP contribution >= 0.6 is 10.6 Å². The van der Waals surface area contributed by atoms with E-state index in [0.29, 0.717) is 16.5 Å². The number of nitrogens with two attached hydrogens (primary N) is 1. The lowest BCUT2D eigenvalue weighted by atomic mass is 10.1. The van der Waals surface area contributed by atoms with Crippen molar-refractivity contribution in [1.82, 2.24) is 0 Å². The second kappa shape index (κ2) is 7.66. The van der Waals surface area contributed by atoms with Gasteiger partial charge in [-0.2, -0.15) is 8.42 Å². The van der Waals surface area contributed by atoms with Crippen molar-refractivity contribution in [1.29, 1.82) is 0 Å². The van der Waals surface area contributed by atoms with Gasteiger partial charge in [0.25, 0.3) is 10.1 Å². The van der Waals surface area contributed by atoms with Crippen LogP contribution in [-0.2, 0) is 10.1 Å². The molecule has 0 aliphatic heterocycles. The van der Waals surface area contributed by atoms with Crippen molar-refractivity contribution in [2.75, 3.05) is 11.1 Å². The molecule has 0 unspecified atom stereocenters. The topological polar surface area (TPSA) is 201 Å². The molecule has 3 aromatic rings. The smallest absolute Gasteiger partial charge is 0.296 e. The van der Waals surface area contributed by atoms with Crippen molar-refractivity contribution in [3.8, 4) is 5.75 Å². The van der Waals surface area contributed by atoms with E-state index in [1.807, 2.05) is 0 Å². The number of fused-ring (bicyclic) bond motifs is 1. The summed E-state index contributed by atoms with van der Waals surface area (Å²) in [4.78, 5) is 32.3. The number of hydrogen-bond acceptors (Lipinski definition) is 11. The molecule has 0 saturated heterocycles. The fourth-order valence-corrected chi connectivity index (χ4v) is 4.27. The van der Waals surface area contributed by atoms with Gasteiger partial charge in [0.15, 0.2) is 10.6 Å². The Morgan fingerprint density at radius 1 is 0.867 bits per heavy atom. The van der Waals surface area contributed by atoms with Gasteiger partial charge in [0.1, 0.15) is 10.6 Å². The van der Waals surface area contributed by atoms with Crippen LogP contribution in [0.3, 0.4) is 0 Å². The standard InChI is InChI=1S/C16H13N5O7S2/c17-14-4-2-11(7-16(14)30(26,27)28)18-10-1-3-13-9(5-10)6-12(8-15(13)22)29(19-23,20-24)21-25/h1-8,18,22H,17H2,(H,26,27,28). The maximum atomic E-state index is 11.4. The molecule has 3 aromatic carbocycles. The van der Waals surface area contributed by atoms with E-state index in [2.05, 4.69) is 19.1 Å². The van der Waals surface area contributed by atoms with E-state index in [1.54, 1.807) is 6.07 Å². The summed E-state index contributed by atoms with van der Waals surface area (Å²) in [6.07, 6.45) is 0. The zero-order chi connectivity index (χ0) is 22.1. The van der Waals surface area contributed by atoms with Crippen molar-refractivity contribution in [2.45, 2.75) is 9.79 Å². The van der Waals surface area contributed by atoms with Crippen LogP contribution in [0.5, 0.6) is 5.75 Å². The summed E-state index contributed by atoms with van der Waals surface area (Å²) < 4.78 is 39.4. The zero-order valence-electron chi connectivity index (χ0n) is 14.8. The van der Waals surface area contributed by atoms with Gasteiger partial charge in [-0.15, -0.1) is 14.7 Å². The first-order valence-electron chi connectivity index (χ1n) is 7.91. The molecule has 0 aliphatic rings. The first-order valence-corrected chi connectivity index (χ1v) is 10.9. The Balaban J connectivity index is 2.08. The van der Waals surface area contributed by atoms with Crippen molar-refractivity contribution >= 4 is 48.5 Å². The largest absolute Gasteiger partial charge is 0.507 e. The number of nitrogens with zero attached hydrogens (tertiary/aromatic N) is 3. The van der Waals surface area contributed by atoms with Crippen LogP contribution in [0.25, 0.3) is 10.8 Å². The Morgan fingerprint density at radius 2 is 1.47 bits per heavy atom. The number of aromatic hydroxyl groups is 1. The van der Waals surface area contributed by atoms with Gasteiger partial charge >= 0.3 is 0 Å². The summed E-state index contributed by atoms with van der Waals surface area (Å²) in [6, 6.07) is 10.7. The van der Waals surface area contributed by atoms with Gasteiger partial charge in [-0.1, -0.05) is 0 Å². The normalized spacial score (nSPS) is 12.3. The lowest BCUT2D eigenvalue weighted by Gasteiger charge is -2.16. The summed E-state index contributed by atoms with van der Waals surface area (Å²) in [6.45, 7) is 0. The van der Waals surface area contributed by atoms with Gasteiger partial charge in [-0.3, -0.25) is 4.55 Å². The van der Waals surface area contributed by atoms with Gasteiger partial charge in [0.05, 0.1) is 10.6 Å². The molecule has 0 radical (unpaired) electrons. The second-order valence-corrected chi connectivity index (χ2v) is 9.32. The van der Waals surface area contributed by atoms with E-state index in [0.717, 1.165) is 12.1 Å². The number of phenolic OH excluding ortho intramolecular Hbond substituents is 1. The summed E-state index contributed by atoms with van der Waals surface area (Å²) in [5.74, 6) is -0.331. The van der Waals surface area contributed by atoms with Gasteiger partial charge in [-0.25, -0.2) is 0 Å². The predicted molar refractivity (Wildman–Crippen MR) is 113 cm³/mol. The molecule has 0 aliphatic carbocycles. The van der Waals surface area contributed by atoms with Crippen molar-refractivity contribution in [2.24, 2.45) is 13.7 Å². The fraction of sp³-hybridized carbons (Fsp3) is 0. The highest BCUT2D eigenvalue weighted by molar-refractivity contribution is 8.30. The highest BCUT2D eigenvalue weighted by Crippen LogP contribution is 2.60. The maximum absolute atomic E-state index is 11.4. The quantitative estimate of drug-likeness (QED) is 0.229. The van der Waals surface area contributed by atoms with Crippen molar-refractivity contribution in [3.63, 3.8) is 0 Å². The number of nitrogens with one attached hydrogen (secondary N) is 1. The number of rotatable bonds is 7. The molecule has 0 aromatic heterocycles. The Labute approximate surface area is 170 Å². The van der Waals surface area contributed by atoms with E-state index in [1.165, 1.54) is 30.3 Å². The molecule has 14 heteroatoms. The van der Waals surface area contributed by atoms with E-state index in [9.17, 15) is 32.8 Å². The molecule has 0 spiro atoms. The van der Waals surface area contributed by atoms with Crippen LogP contribution in [0.15, 0.2) is 72.1 Å². The van der Waals surface area contributed by atoms with Crippen molar-refractivity contribution < 1.29 is 18.1 Å². The van der Waals surface area contributed by atoms with Crippen molar-refractivity contribution in [3.05, 3.63) is 63.3 Å². The monoisotopic (exact) mass is 451 g/mol. The average Bonchev–Trinajstić information content (AvgIpc) is 2.70. The molecule has 0 heterocycles. The maximum Gasteiger partial charge on any atom is 0.296 e. The highest BCUT2D eigenvalue weighted by atomic mass is 32.3. The number of nitrogen functional groups attached to an aromatic ring is 1. The Bertz CT molecular complexity index is 1270. The molecule has 0 amide bonds. The number of nitroso groups, excluding NO2 is 3. The summed E-state index contributed by atoms with van der Waals surface area (Å²) in [7, 11) is -8.32. The van der Waals surface area contributed by atoms with Gasteiger partial charge in [0, 0.05) is 30.5 Å². The summed E-state index contributed by atoms with van der Waals surface area (Å²) in [5.41, 5.74) is 6.10. The highest BCUT2D eigenvalue weighted by Gasteiger charge is 2.32. The lowest BCUT2D eigenvalue weighted by molar-refractivity contribution is 0.480. The first-order chi connectivity index (χ1) is 14.1. The molecule has 3 rings (SSSR count). The molecule has 0 atom stereocenters. The third-order valence-electron chi connectivity index (χ3n) is 4.11. The summed E-state index contributed by atoms with van der Waals surface area (Å²) in [5, 5.41) is 13.7. The van der Waals surface area contributed by atoms with Crippen LogP contribution in [0.4, 0.5) is 17.1 Å². The number of benzene rings is 3. The minimum atomic E-state index is -4.53. The van der Waals surface area contributed by atoms with Gasteiger partial charge in [-0.05, 0) is 53.9 Å².